The number of ether oxygens (including phenoxy) is 1. The van der Waals surface area contributed by atoms with Crippen LogP contribution >= 0.6 is 0 Å². The minimum atomic E-state index is -0.0964. The van der Waals surface area contributed by atoms with Crippen molar-refractivity contribution in [1.29, 1.82) is 0 Å². The first kappa shape index (κ1) is 18.1. The quantitative estimate of drug-likeness (QED) is 0.716. The van der Waals surface area contributed by atoms with Crippen LogP contribution in [-0.4, -0.2) is 12.0 Å². The summed E-state index contributed by atoms with van der Waals surface area (Å²) in [5.74, 6) is 1.11. The van der Waals surface area contributed by atoms with Crippen LogP contribution < -0.4 is 10.1 Å². The van der Waals surface area contributed by atoms with Crippen molar-refractivity contribution in [2.24, 2.45) is 0 Å². The lowest BCUT2D eigenvalue weighted by Gasteiger charge is -2.16. The first-order valence-corrected chi connectivity index (χ1v) is 8.72. The maximum Gasteiger partial charge on any atom is 0.255 e. The van der Waals surface area contributed by atoms with Crippen LogP contribution in [-0.2, 0) is 0 Å². The minimum absolute atomic E-state index is 0.0964. The zero-order valence-corrected chi connectivity index (χ0v) is 15.0. The van der Waals surface area contributed by atoms with E-state index < -0.39 is 0 Å². The molecule has 0 heterocycles. The molecular weight excluding hydrogens is 298 g/mol. The molecule has 3 heteroatoms. The Labute approximate surface area is 145 Å². The number of hydrogen-bond donors (Lipinski definition) is 1. The van der Waals surface area contributed by atoms with Crippen molar-refractivity contribution in [2.45, 2.75) is 52.6 Å². The molecular formula is C21H27NO2. The van der Waals surface area contributed by atoms with Gasteiger partial charge < -0.3 is 10.1 Å². The maximum atomic E-state index is 12.5. The highest BCUT2D eigenvalue weighted by molar-refractivity contribution is 6.04. The second kappa shape index (κ2) is 8.53. The average Bonchev–Trinajstić information content (AvgIpc) is 2.62. The fourth-order valence-electron chi connectivity index (χ4n) is 2.46. The molecule has 0 saturated heterocycles. The highest BCUT2D eigenvalue weighted by Gasteiger charge is 2.12. The Hall–Kier alpha value is -2.29. The molecule has 0 fully saturated rings. The van der Waals surface area contributed by atoms with E-state index >= 15 is 0 Å². The third-order valence-corrected chi connectivity index (χ3v) is 4.38. The van der Waals surface area contributed by atoms with Crippen LogP contribution in [0.25, 0.3) is 0 Å². The van der Waals surface area contributed by atoms with Crippen LogP contribution in [0.5, 0.6) is 5.75 Å². The summed E-state index contributed by atoms with van der Waals surface area (Å²) >= 11 is 0. The van der Waals surface area contributed by atoms with E-state index in [4.69, 9.17) is 4.74 Å². The molecule has 0 spiro atoms. The Morgan fingerprint density at radius 2 is 1.67 bits per heavy atom. The van der Waals surface area contributed by atoms with Gasteiger partial charge in [0.25, 0.3) is 5.91 Å². The molecule has 0 radical (unpaired) electrons. The zero-order chi connectivity index (χ0) is 17.5. The number of anilines is 1. The summed E-state index contributed by atoms with van der Waals surface area (Å²) < 4.78 is 5.75. The smallest absolute Gasteiger partial charge is 0.255 e. The molecule has 2 rings (SSSR count). The second-order valence-electron chi connectivity index (χ2n) is 6.21. The van der Waals surface area contributed by atoms with Gasteiger partial charge in [0.15, 0.2) is 0 Å². The zero-order valence-electron chi connectivity index (χ0n) is 15.0. The Balaban J connectivity index is 2.10. The Bertz CT molecular complexity index is 664. The van der Waals surface area contributed by atoms with Gasteiger partial charge in [-0.25, -0.2) is 0 Å². The summed E-state index contributed by atoms with van der Waals surface area (Å²) in [7, 11) is 0. The Kier molecular flexibility index (Phi) is 6.42. The molecule has 2 aromatic rings. The molecule has 128 valence electrons. The van der Waals surface area contributed by atoms with E-state index in [-0.39, 0.29) is 12.0 Å². The van der Waals surface area contributed by atoms with Crippen molar-refractivity contribution < 1.29 is 9.53 Å². The van der Waals surface area contributed by atoms with E-state index in [1.54, 1.807) is 12.1 Å². The standard InChI is InChI=1S/C21H27NO2/c1-5-15(3)19-9-7-8-10-20(19)22-21(23)17-11-13-18(14-12-17)24-16(4)6-2/h7-16H,5-6H2,1-4H3,(H,22,23)/t15-,16-/m0/s1. The number of carbonyl (C=O) groups is 1. The van der Waals surface area contributed by atoms with Gasteiger partial charge in [-0.3, -0.25) is 4.79 Å². The highest BCUT2D eigenvalue weighted by atomic mass is 16.5. The number of benzene rings is 2. The van der Waals surface area contributed by atoms with Crippen LogP contribution in [0.15, 0.2) is 48.5 Å². The van der Waals surface area contributed by atoms with Crippen molar-refractivity contribution in [2.75, 3.05) is 5.32 Å². The van der Waals surface area contributed by atoms with Gasteiger partial charge in [-0.1, -0.05) is 39.0 Å². The van der Waals surface area contributed by atoms with Crippen molar-refractivity contribution >= 4 is 11.6 Å². The fraction of sp³-hybridized carbons (Fsp3) is 0.381. The summed E-state index contributed by atoms with van der Waals surface area (Å²) in [6.07, 6.45) is 2.16. The van der Waals surface area contributed by atoms with Gasteiger partial charge >= 0.3 is 0 Å². The molecule has 1 amide bonds. The first-order valence-electron chi connectivity index (χ1n) is 8.72. The van der Waals surface area contributed by atoms with Crippen LogP contribution in [0.4, 0.5) is 5.69 Å². The van der Waals surface area contributed by atoms with Crippen molar-refractivity contribution in [3.05, 3.63) is 59.7 Å². The molecule has 0 aliphatic rings. The van der Waals surface area contributed by atoms with E-state index in [1.165, 1.54) is 5.56 Å². The van der Waals surface area contributed by atoms with Gasteiger partial charge in [-0.05, 0) is 61.6 Å². The number of para-hydroxylation sites is 1. The van der Waals surface area contributed by atoms with Gasteiger partial charge in [0, 0.05) is 11.3 Å². The van der Waals surface area contributed by atoms with E-state index in [0.717, 1.165) is 24.3 Å². The molecule has 0 aliphatic heterocycles. The van der Waals surface area contributed by atoms with E-state index in [0.29, 0.717) is 11.5 Å². The third kappa shape index (κ3) is 4.60. The number of amides is 1. The summed E-state index contributed by atoms with van der Waals surface area (Å²) in [5, 5.41) is 3.03. The summed E-state index contributed by atoms with van der Waals surface area (Å²) in [5.41, 5.74) is 2.69. The van der Waals surface area contributed by atoms with Gasteiger partial charge in [0.05, 0.1) is 6.10 Å². The van der Waals surface area contributed by atoms with Crippen LogP contribution in [0.1, 0.15) is 62.4 Å². The second-order valence-corrected chi connectivity index (χ2v) is 6.21. The fourth-order valence-corrected chi connectivity index (χ4v) is 2.46. The van der Waals surface area contributed by atoms with Crippen LogP contribution in [0.3, 0.4) is 0 Å². The SMILES string of the molecule is CC[C@H](C)Oc1ccc(C(=O)Nc2ccccc2[C@@H](C)CC)cc1. The van der Waals surface area contributed by atoms with Crippen molar-refractivity contribution in [3.63, 3.8) is 0 Å². The molecule has 1 N–H and O–H groups in total. The molecule has 0 saturated carbocycles. The molecule has 3 nitrogen and oxygen atoms in total. The lowest BCUT2D eigenvalue weighted by molar-refractivity contribution is 0.102. The molecule has 0 aliphatic carbocycles. The predicted molar refractivity (Wildman–Crippen MR) is 99.9 cm³/mol. The number of hydrogen-bond acceptors (Lipinski definition) is 2. The third-order valence-electron chi connectivity index (χ3n) is 4.38. The largest absolute Gasteiger partial charge is 0.491 e. The Morgan fingerprint density at radius 1 is 1.00 bits per heavy atom. The Morgan fingerprint density at radius 3 is 2.29 bits per heavy atom. The molecule has 24 heavy (non-hydrogen) atoms. The van der Waals surface area contributed by atoms with E-state index in [1.807, 2.05) is 37.3 Å². The van der Waals surface area contributed by atoms with E-state index in [9.17, 15) is 4.79 Å². The molecule has 2 atom stereocenters. The van der Waals surface area contributed by atoms with Crippen LogP contribution in [0, 0.1) is 0 Å². The predicted octanol–water partition coefficient (Wildman–Crippen LogP) is 5.63. The normalized spacial score (nSPS) is 13.2. The van der Waals surface area contributed by atoms with Crippen molar-refractivity contribution in [1.82, 2.24) is 0 Å². The highest BCUT2D eigenvalue weighted by Crippen LogP contribution is 2.27. The number of nitrogens with one attached hydrogen (secondary N) is 1. The van der Waals surface area contributed by atoms with Crippen LogP contribution in [0.2, 0.25) is 0 Å². The number of carbonyl (C=O) groups excluding carboxylic acids is 1. The summed E-state index contributed by atoms with van der Waals surface area (Å²) in [4.78, 5) is 12.5. The minimum Gasteiger partial charge on any atom is -0.491 e. The molecule has 2 aromatic carbocycles. The van der Waals surface area contributed by atoms with Gasteiger partial charge in [0.2, 0.25) is 0 Å². The summed E-state index contributed by atoms with van der Waals surface area (Å²) in [6, 6.07) is 15.3. The van der Waals surface area contributed by atoms with Gasteiger partial charge in [-0.2, -0.15) is 0 Å². The maximum absolute atomic E-state index is 12.5. The van der Waals surface area contributed by atoms with Gasteiger partial charge in [0.1, 0.15) is 5.75 Å². The average molecular weight is 325 g/mol. The van der Waals surface area contributed by atoms with Gasteiger partial charge in [-0.15, -0.1) is 0 Å². The topological polar surface area (TPSA) is 38.3 Å². The monoisotopic (exact) mass is 325 g/mol. The van der Waals surface area contributed by atoms with E-state index in [2.05, 4.69) is 32.2 Å². The first-order chi connectivity index (χ1) is 11.5. The molecule has 0 aromatic heterocycles. The lowest BCUT2D eigenvalue weighted by Crippen LogP contribution is -2.14. The summed E-state index contributed by atoms with van der Waals surface area (Å²) in [6.45, 7) is 8.44. The molecule has 0 unspecified atom stereocenters. The van der Waals surface area contributed by atoms with Crippen molar-refractivity contribution in [3.8, 4) is 5.75 Å². The lowest BCUT2D eigenvalue weighted by atomic mass is 9.97. The molecule has 0 bridgehead atoms. The number of rotatable bonds is 7.